The molecule has 1 fully saturated rings. The number of thiophene rings is 1. The monoisotopic (exact) mass is 450 g/mol. The number of amides is 2. The van der Waals surface area contributed by atoms with Crippen molar-refractivity contribution >= 4 is 33.4 Å². The fourth-order valence-electron chi connectivity index (χ4n) is 4.16. The molecule has 0 unspecified atom stereocenters. The predicted octanol–water partition coefficient (Wildman–Crippen LogP) is 0.930. The number of methoxy groups -OCH3 is 1. The molecule has 31 heavy (non-hydrogen) atoms. The van der Waals surface area contributed by atoms with Gasteiger partial charge in [0, 0.05) is 39.8 Å². The number of nitrogens with zero attached hydrogens (tertiary/aromatic N) is 2. The highest BCUT2D eigenvalue weighted by Gasteiger charge is 2.27. The number of hydrogen-bond donors (Lipinski definition) is 2. The van der Waals surface area contributed by atoms with Gasteiger partial charge in [0.2, 0.25) is 11.8 Å². The van der Waals surface area contributed by atoms with E-state index in [0.29, 0.717) is 36.3 Å². The Labute approximate surface area is 184 Å². The summed E-state index contributed by atoms with van der Waals surface area (Å²) in [5, 5.41) is 7.24. The van der Waals surface area contributed by atoms with E-state index in [2.05, 4.69) is 10.6 Å². The maximum Gasteiger partial charge on any atom is 0.332 e. The summed E-state index contributed by atoms with van der Waals surface area (Å²) >= 11 is 1.28. The Bertz CT molecular complexity index is 1030. The van der Waals surface area contributed by atoms with Crippen molar-refractivity contribution < 1.29 is 14.3 Å². The van der Waals surface area contributed by atoms with Gasteiger partial charge in [0.1, 0.15) is 11.2 Å². The molecule has 0 saturated heterocycles. The van der Waals surface area contributed by atoms with Gasteiger partial charge in [0.25, 0.3) is 5.56 Å². The first-order valence-electron chi connectivity index (χ1n) is 10.6. The fourth-order valence-corrected chi connectivity index (χ4v) is 5.00. The van der Waals surface area contributed by atoms with Crippen LogP contribution < -0.4 is 21.9 Å². The number of nitrogens with one attached hydrogen (secondary N) is 2. The molecule has 9 nitrogen and oxygen atoms in total. The fraction of sp³-hybridized carbons (Fsp3) is 0.619. The van der Waals surface area contributed by atoms with Gasteiger partial charge in [-0.15, -0.1) is 11.3 Å². The molecule has 3 rings (SSSR count). The van der Waals surface area contributed by atoms with Crippen LogP contribution in [-0.4, -0.2) is 48.3 Å². The Morgan fingerprint density at radius 3 is 2.61 bits per heavy atom. The molecule has 10 heteroatoms. The zero-order valence-corrected chi connectivity index (χ0v) is 18.8. The highest BCUT2D eigenvalue weighted by molar-refractivity contribution is 7.17. The summed E-state index contributed by atoms with van der Waals surface area (Å²) in [6.45, 7) is 1.18. The molecule has 1 saturated carbocycles. The first kappa shape index (κ1) is 23.2. The van der Waals surface area contributed by atoms with E-state index in [4.69, 9.17) is 4.74 Å². The van der Waals surface area contributed by atoms with Crippen LogP contribution in [0.4, 0.5) is 0 Å². The smallest absolute Gasteiger partial charge is 0.332 e. The molecule has 0 bridgehead atoms. The molecule has 0 spiro atoms. The lowest BCUT2D eigenvalue weighted by Crippen LogP contribution is -2.44. The zero-order valence-electron chi connectivity index (χ0n) is 18.0. The van der Waals surface area contributed by atoms with E-state index in [9.17, 15) is 19.2 Å². The lowest BCUT2D eigenvalue weighted by atomic mass is 9.81. The van der Waals surface area contributed by atoms with Crippen molar-refractivity contribution in [3.63, 3.8) is 0 Å². The number of rotatable bonds is 9. The largest absolute Gasteiger partial charge is 0.385 e. The summed E-state index contributed by atoms with van der Waals surface area (Å²) in [4.78, 5) is 50.4. The highest BCUT2D eigenvalue weighted by Crippen LogP contribution is 2.29. The zero-order chi connectivity index (χ0) is 22.4. The normalized spacial score (nSPS) is 18.8. The Kier molecular flexibility index (Phi) is 8.03. The van der Waals surface area contributed by atoms with Crippen molar-refractivity contribution in [1.82, 2.24) is 19.8 Å². The van der Waals surface area contributed by atoms with E-state index < -0.39 is 5.69 Å². The van der Waals surface area contributed by atoms with Crippen molar-refractivity contribution in [2.24, 2.45) is 11.8 Å². The maximum absolute atomic E-state index is 13.2. The van der Waals surface area contributed by atoms with Gasteiger partial charge in [-0.3, -0.25) is 23.5 Å². The van der Waals surface area contributed by atoms with E-state index in [1.807, 2.05) is 0 Å². The second kappa shape index (κ2) is 10.7. The molecule has 170 valence electrons. The first-order valence-corrected chi connectivity index (χ1v) is 11.5. The van der Waals surface area contributed by atoms with Gasteiger partial charge in [-0.25, -0.2) is 4.79 Å². The van der Waals surface area contributed by atoms with Crippen LogP contribution in [0.5, 0.6) is 0 Å². The maximum atomic E-state index is 13.2. The topological polar surface area (TPSA) is 111 Å². The molecule has 2 N–H and O–H groups in total. The van der Waals surface area contributed by atoms with E-state index in [1.54, 1.807) is 25.6 Å². The number of carbonyl (C=O) groups excluding carboxylic acids is 2. The number of fused-ring (bicyclic) bond motifs is 1. The third kappa shape index (κ3) is 5.43. The van der Waals surface area contributed by atoms with Gasteiger partial charge in [0.15, 0.2) is 0 Å². The van der Waals surface area contributed by atoms with Crippen molar-refractivity contribution in [2.75, 3.05) is 27.3 Å². The second-order valence-corrected chi connectivity index (χ2v) is 8.86. The molecule has 2 amide bonds. The van der Waals surface area contributed by atoms with Crippen LogP contribution >= 0.6 is 11.3 Å². The van der Waals surface area contributed by atoms with Gasteiger partial charge in [-0.2, -0.15) is 0 Å². The molecule has 2 heterocycles. The summed E-state index contributed by atoms with van der Waals surface area (Å²) < 4.78 is 8.10. The minimum absolute atomic E-state index is 0.00351. The lowest BCUT2D eigenvalue weighted by molar-refractivity contribution is -0.125. The van der Waals surface area contributed by atoms with Crippen LogP contribution in [0.25, 0.3) is 10.2 Å². The molecule has 1 aliphatic carbocycles. The van der Waals surface area contributed by atoms with E-state index in [1.165, 1.54) is 20.5 Å². The minimum atomic E-state index is -0.462. The number of hydrogen-bond acceptors (Lipinski definition) is 6. The van der Waals surface area contributed by atoms with Crippen LogP contribution in [0.2, 0.25) is 0 Å². The quantitative estimate of drug-likeness (QED) is 0.552. The van der Waals surface area contributed by atoms with Crippen molar-refractivity contribution in [3.05, 3.63) is 32.3 Å². The molecule has 2 aromatic heterocycles. The van der Waals surface area contributed by atoms with Gasteiger partial charge >= 0.3 is 5.69 Å². The van der Waals surface area contributed by atoms with Crippen molar-refractivity contribution in [1.29, 1.82) is 0 Å². The predicted molar refractivity (Wildman–Crippen MR) is 119 cm³/mol. The van der Waals surface area contributed by atoms with Gasteiger partial charge in [-0.05, 0) is 49.5 Å². The highest BCUT2D eigenvalue weighted by atomic mass is 32.1. The molecular weight excluding hydrogens is 420 g/mol. The third-order valence-electron chi connectivity index (χ3n) is 5.89. The average molecular weight is 451 g/mol. The van der Waals surface area contributed by atoms with Crippen LogP contribution in [0.1, 0.15) is 32.1 Å². The Hall–Kier alpha value is -2.46. The van der Waals surface area contributed by atoms with Crippen LogP contribution in [0.3, 0.4) is 0 Å². The second-order valence-electron chi connectivity index (χ2n) is 7.95. The van der Waals surface area contributed by atoms with Gasteiger partial charge < -0.3 is 15.4 Å². The molecule has 1 aliphatic rings. The van der Waals surface area contributed by atoms with Gasteiger partial charge in [-0.1, -0.05) is 0 Å². The van der Waals surface area contributed by atoms with Crippen molar-refractivity contribution in [2.45, 2.75) is 45.2 Å². The van der Waals surface area contributed by atoms with E-state index in [0.717, 1.165) is 25.7 Å². The average Bonchev–Trinajstić information content (AvgIpc) is 3.27. The minimum Gasteiger partial charge on any atom is -0.385 e. The first-order chi connectivity index (χ1) is 15.0. The molecule has 0 atom stereocenters. The summed E-state index contributed by atoms with van der Waals surface area (Å²) in [7, 11) is 3.24. The van der Waals surface area contributed by atoms with E-state index in [-0.39, 0.29) is 35.8 Å². The van der Waals surface area contributed by atoms with Crippen LogP contribution in [0.15, 0.2) is 21.0 Å². The van der Waals surface area contributed by atoms with E-state index >= 15 is 0 Å². The lowest BCUT2D eigenvalue weighted by Gasteiger charge is -2.27. The third-order valence-corrected chi connectivity index (χ3v) is 6.78. The summed E-state index contributed by atoms with van der Waals surface area (Å²) in [5.74, 6) is -0.0762. The molecule has 0 aromatic carbocycles. The summed E-state index contributed by atoms with van der Waals surface area (Å²) in [6, 6.07) is 1.71. The number of ether oxygens (including phenoxy) is 1. The van der Waals surface area contributed by atoms with Crippen LogP contribution in [-0.2, 0) is 27.4 Å². The molecule has 0 aliphatic heterocycles. The molecular formula is C21H30N4O5S. The SMILES string of the molecule is CNC(=O)C1CCC(Cn2c(=O)c3sccc3n(CC(=O)NCCCOC)c2=O)CC1. The standard InChI is InChI=1S/C21H30N4O5S/c1-22-19(27)15-6-4-14(5-7-15)12-25-20(28)18-16(8-11-31-18)24(21(25)29)13-17(26)23-9-3-10-30-2/h8,11,14-15H,3-7,9-10,12-13H2,1-2H3,(H,22,27)(H,23,26). The Morgan fingerprint density at radius 2 is 1.94 bits per heavy atom. The Morgan fingerprint density at radius 1 is 1.19 bits per heavy atom. The number of aromatic nitrogens is 2. The Balaban J connectivity index is 1.78. The molecule has 2 aromatic rings. The summed E-state index contributed by atoms with van der Waals surface area (Å²) in [5.41, 5.74) is -0.275. The number of carbonyl (C=O) groups is 2. The molecule has 0 radical (unpaired) electrons. The summed E-state index contributed by atoms with van der Waals surface area (Å²) in [6.07, 6.45) is 3.75. The van der Waals surface area contributed by atoms with Gasteiger partial charge in [0.05, 0.1) is 5.52 Å². The van der Waals surface area contributed by atoms with Crippen LogP contribution in [0, 0.1) is 11.8 Å². The van der Waals surface area contributed by atoms with Crippen molar-refractivity contribution in [3.8, 4) is 0 Å².